The van der Waals surface area contributed by atoms with E-state index in [1.54, 1.807) is 18.2 Å². The molecule has 0 spiro atoms. The Morgan fingerprint density at radius 2 is 2.14 bits per heavy atom. The second kappa shape index (κ2) is 6.06. The minimum atomic E-state index is -3.64. The van der Waals surface area contributed by atoms with Gasteiger partial charge in [-0.15, -0.1) is 0 Å². The number of hydrogen-bond donors (Lipinski definition) is 0. The molecule has 1 aromatic carbocycles. The molecule has 1 fully saturated rings. The second-order valence-corrected chi connectivity index (χ2v) is 8.68. The van der Waals surface area contributed by atoms with Gasteiger partial charge in [0.1, 0.15) is 0 Å². The van der Waals surface area contributed by atoms with Crippen LogP contribution in [0.4, 0.5) is 5.69 Å². The Labute approximate surface area is 135 Å². The van der Waals surface area contributed by atoms with Crippen LogP contribution < -0.4 is 4.90 Å². The summed E-state index contributed by atoms with van der Waals surface area (Å²) in [5.74, 6) is -0.856. The highest BCUT2D eigenvalue weighted by atomic mass is 79.9. The molecule has 5 nitrogen and oxygen atoms in total. The number of nitrogens with zero attached hydrogens (tertiary/aromatic N) is 1. The molecule has 1 saturated heterocycles. The van der Waals surface area contributed by atoms with Gasteiger partial charge in [0.2, 0.25) is 15.0 Å². The second-order valence-electron chi connectivity index (χ2n) is 5.00. The van der Waals surface area contributed by atoms with E-state index in [1.807, 2.05) is 0 Å². The Bertz CT molecular complexity index is 704. The molecule has 1 heterocycles. The van der Waals surface area contributed by atoms with Crippen LogP contribution in [0.15, 0.2) is 22.7 Å². The van der Waals surface area contributed by atoms with Gasteiger partial charge in [-0.1, -0.05) is 6.07 Å². The van der Waals surface area contributed by atoms with Crippen LogP contribution in [0, 0.1) is 5.92 Å². The molecule has 0 saturated carbocycles. The van der Waals surface area contributed by atoms with E-state index in [1.165, 1.54) is 11.8 Å². The smallest absolute Gasteiger partial charge is 0.232 e. The Hall–Kier alpha value is -0.920. The van der Waals surface area contributed by atoms with E-state index >= 15 is 0 Å². The van der Waals surface area contributed by atoms with E-state index < -0.39 is 9.05 Å². The van der Waals surface area contributed by atoms with Crippen LogP contribution in [-0.4, -0.2) is 32.4 Å². The maximum atomic E-state index is 12.1. The van der Waals surface area contributed by atoms with E-state index in [-0.39, 0.29) is 36.3 Å². The maximum Gasteiger partial charge on any atom is 0.232 e. The summed E-state index contributed by atoms with van der Waals surface area (Å²) in [4.78, 5) is 25.0. The zero-order chi connectivity index (χ0) is 15.8. The molecular weight excluding hydrogens is 382 g/mol. The molecule has 0 bridgehead atoms. The van der Waals surface area contributed by atoms with Crippen LogP contribution in [0.1, 0.15) is 23.7 Å². The number of rotatable bonds is 4. The molecule has 21 heavy (non-hydrogen) atoms. The fraction of sp³-hybridized carbons (Fsp3) is 0.385. The van der Waals surface area contributed by atoms with Crippen LogP contribution in [0.5, 0.6) is 0 Å². The summed E-state index contributed by atoms with van der Waals surface area (Å²) in [5, 5.41) is 0. The van der Waals surface area contributed by atoms with Gasteiger partial charge >= 0.3 is 0 Å². The van der Waals surface area contributed by atoms with Gasteiger partial charge in [0, 0.05) is 39.6 Å². The summed E-state index contributed by atoms with van der Waals surface area (Å²) in [5.41, 5.74) is 1.07. The van der Waals surface area contributed by atoms with Crippen molar-refractivity contribution in [2.75, 3.05) is 17.2 Å². The van der Waals surface area contributed by atoms with Crippen LogP contribution >= 0.6 is 26.6 Å². The third kappa shape index (κ3) is 4.05. The molecule has 2 rings (SSSR count). The van der Waals surface area contributed by atoms with Gasteiger partial charge in [-0.2, -0.15) is 0 Å². The first-order chi connectivity index (χ1) is 9.67. The fourth-order valence-corrected chi connectivity index (χ4v) is 4.13. The van der Waals surface area contributed by atoms with Crippen molar-refractivity contribution in [1.82, 2.24) is 0 Å². The summed E-state index contributed by atoms with van der Waals surface area (Å²) in [6.07, 6.45) is 0.128. The number of halogens is 2. The molecule has 1 aromatic rings. The molecule has 1 unspecified atom stereocenters. The minimum Gasteiger partial charge on any atom is -0.311 e. The topological polar surface area (TPSA) is 71.5 Å². The van der Waals surface area contributed by atoms with Crippen molar-refractivity contribution in [3.05, 3.63) is 28.2 Å². The van der Waals surface area contributed by atoms with Crippen LogP contribution in [0.25, 0.3) is 0 Å². The van der Waals surface area contributed by atoms with Crippen molar-refractivity contribution < 1.29 is 18.0 Å². The first-order valence-electron chi connectivity index (χ1n) is 6.20. The van der Waals surface area contributed by atoms with E-state index in [0.29, 0.717) is 15.7 Å². The van der Waals surface area contributed by atoms with Crippen molar-refractivity contribution in [2.45, 2.75) is 13.3 Å². The molecule has 0 aliphatic carbocycles. The Kier molecular flexibility index (Phi) is 4.75. The van der Waals surface area contributed by atoms with Crippen LogP contribution in [0.2, 0.25) is 0 Å². The van der Waals surface area contributed by atoms with E-state index in [2.05, 4.69) is 15.9 Å². The largest absolute Gasteiger partial charge is 0.311 e. The van der Waals surface area contributed by atoms with Crippen molar-refractivity contribution in [3.8, 4) is 0 Å². The quantitative estimate of drug-likeness (QED) is 0.581. The number of Topliss-reactive ketones (excluding diaryl/α,β-unsaturated/α-hetero) is 1. The molecule has 1 atom stereocenters. The van der Waals surface area contributed by atoms with Gasteiger partial charge in [-0.3, -0.25) is 9.59 Å². The summed E-state index contributed by atoms with van der Waals surface area (Å²) >= 11 is 3.35. The molecule has 1 aliphatic heterocycles. The molecule has 1 amide bonds. The standard InChI is InChI=1S/C13H13BrClNO4S/c1-8(17)10-2-3-11(14)12(5-10)16-6-9(4-13(16)18)7-21(15,19)20/h2-3,5,9H,4,6-7H2,1H3. The van der Waals surface area contributed by atoms with Crippen LogP contribution in [0.3, 0.4) is 0 Å². The Morgan fingerprint density at radius 3 is 2.71 bits per heavy atom. The van der Waals surface area contributed by atoms with Crippen molar-refractivity contribution in [2.24, 2.45) is 5.92 Å². The predicted octanol–water partition coefficient (Wildman–Crippen LogP) is 2.57. The van der Waals surface area contributed by atoms with Crippen molar-refractivity contribution in [1.29, 1.82) is 0 Å². The van der Waals surface area contributed by atoms with Gasteiger partial charge in [-0.05, 0) is 35.0 Å². The predicted molar refractivity (Wildman–Crippen MR) is 84.2 cm³/mol. The molecule has 0 aromatic heterocycles. The molecule has 0 N–H and O–H groups in total. The molecule has 8 heteroatoms. The van der Waals surface area contributed by atoms with E-state index in [4.69, 9.17) is 10.7 Å². The number of carbonyl (C=O) groups is 2. The average Bonchev–Trinajstić information content (AvgIpc) is 2.67. The van der Waals surface area contributed by atoms with Gasteiger partial charge in [0.25, 0.3) is 0 Å². The number of anilines is 1. The van der Waals surface area contributed by atoms with Crippen molar-refractivity contribution in [3.63, 3.8) is 0 Å². The van der Waals surface area contributed by atoms with Gasteiger partial charge in [-0.25, -0.2) is 8.42 Å². The highest BCUT2D eigenvalue weighted by molar-refractivity contribution is 9.10. The Balaban J connectivity index is 2.28. The fourth-order valence-electron chi connectivity index (χ4n) is 2.35. The maximum absolute atomic E-state index is 12.1. The lowest BCUT2D eigenvalue weighted by molar-refractivity contribution is -0.117. The lowest BCUT2D eigenvalue weighted by Crippen LogP contribution is -2.26. The monoisotopic (exact) mass is 393 g/mol. The van der Waals surface area contributed by atoms with E-state index in [0.717, 1.165) is 0 Å². The summed E-state index contributed by atoms with van der Waals surface area (Å²) in [6, 6.07) is 4.99. The SMILES string of the molecule is CC(=O)c1ccc(Br)c(N2CC(CS(=O)(=O)Cl)CC2=O)c1. The lowest BCUT2D eigenvalue weighted by Gasteiger charge is -2.19. The zero-order valence-electron chi connectivity index (χ0n) is 11.2. The zero-order valence-corrected chi connectivity index (χ0v) is 14.3. The minimum absolute atomic E-state index is 0.102. The first kappa shape index (κ1) is 16.5. The number of carbonyl (C=O) groups excluding carboxylic acids is 2. The van der Waals surface area contributed by atoms with Gasteiger partial charge in [0.15, 0.2) is 5.78 Å². The molecular formula is C13H13BrClNO4S. The summed E-state index contributed by atoms with van der Waals surface area (Å²) in [6.45, 7) is 1.71. The van der Waals surface area contributed by atoms with Crippen molar-refractivity contribution >= 4 is 53.0 Å². The van der Waals surface area contributed by atoms with Gasteiger partial charge in [0.05, 0.1) is 11.4 Å². The average molecular weight is 395 g/mol. The number of amides is 1. The summed E-state index contributed by atoms with van der Waals surface area (Å²) in [7, 11) is 1.60. The highest BCUT2D eigenvalue weighted by Crippen LogP contribution is 2.33. The Morgan fingerprint density at radius 1 is 1.48 bits per heavy atom. The number of ketones is 1. The van der Waals surface area contributed by atoms with E-state index in [9.17, 15) is 18.0 Å². The third-order valence-electron chi connectivity index (χ3n) is 3.28. The van der Waals surface area contributed by atoms with Gasteiger partial charge < -0.3 is 4.90 Å². The third-order valence-corrected chi connectivity index (χ3v) is 5.20. The highest BCUT2D eigenvalue weighted by Gasteiger charge is 2.34. The van der Waals surface area contributed by atoms with Crippen LogP contribution in [-0.2, 0) is 13.8 Å². The lowest BCUT2D eigenvalue weighted by atomic mass is 10.1. The normalized spacial score (nSPS) is 19.1. The first-order valence-corrected chi connectivity index (χ1v) is 9.47. The molecule has 1 aliphatic rings. The number of hydrogen-bond acceptors (Lipinski definition) is 4. The molecule has 114 valence electrons. The summed E-state index contributed by atoms with van der Waals surface area (Å²) < 4.78 is 22.9. The number of benzene rings is 1. The molecule has 0 radical (unpaired) electrons.